The van der Waals surface area contributed by atoms with Crippen molar-refractivity contribution in [3.05, 3.63) is 65.2 Å². The smallest absolute Gasteiger partial charge is 0.0636 e. The van der Waals surface area contributed by atoms with Crippen LogP contribution in [0.25, 0.3) is 0 Å². The summed E-state index contributed by atoms with van der Waals surface area (Å²) in [6, 6.07) is 17.3. The van der Waals surface area contributed by atoms with Crippen LogP contribution >= 0.6 is 0 Å². The highest BCUT2D eigenvalue weighted by Gasteiger charge is 2.15. The topological polar surface area (TPSA) is 38.0 Å². The van der Waals surface area contributed by atoms with Crippen LogP contribution in [0.5, 0.6) is 0 Å². The van der Waals surface area contributed by atoms with Crippen LogP contribution in [0.4, 0.5) is 5.69 Å². The number of hydrogen-bond donors (Lipinski definition) is 2. The summed E-state index contributed by atoms with van der Waals surface area (Å²) in [5, 5.41) is 3.52. The molecule has 0 bridgehead atoms. The molecule has 0 aliphatic carbocycles. The second-order valence-electron chi connectivity index (χ2n) is 6.67. The average Bonchev–Trinajstić information content (AvgIpc) is 2.44. The molecule has 0 aromatic heterocycles. The minimum Gasteiger partial charge on any atom is -0.377 e. The van der Waals surface area contributed by atoms with Crippen molar-refractivity contribution in [1.29, 1.82) is 0 Å². The van der Waals surface area contributed by atoms with E-state index in [1.807, 2.05) is 0 Å². The predicted octanol–water partition coefficient (Wildman–Crippen LogP) is 4.40. The molecule has 0 amide bonds. The Bertz CT molecular complexity index is 579. The van der Waals surface area contributed by atoms with Crippen molar-refractivity contribution in [2.24, 2.45) is 5.73 Å². The summed E-state index contributed by atoms with van der Waals surface area (Å²) >= 11 is 0. The summed E-state index contributed by atoms with van der Waals surface area (Å²) in [4.78, 5) is 0. The lowest BCUT2D eigenvalue weighted by Gasteiger charge is -2.22. The summed E-state index contributed by atoms with van der Waals surface area (Å²) in [5.41, 5.74) is 11.1. The van der Waals surface area contributed by atoms with Gasteiger partial charge in [0.05, 0.1) is 6.04 Å². The van der Waals surface area contributed by atoms with Gasteiger partial charge in [-0.15, -0.1) is 0 Å². The lowest BCUT2D eigenvalue weighted by Crippen LogP contribution is -2.21. The van der Waals surface area contributed by atoms with Gasteiger partial charge in [-0.2, -0.15) is 0 Å². The van der Waals surface area contributed by atoms with Crippen molar-refractivity contribution in [3.63, 3.8) is 0 Å². The third kappa shape index (κ3) is 4.08. The normalized spacial score (nSPS) is 13.0. The van der Waals surface area contributed by atoms with Crippen molar-refractivity contribution < 1.29 is 0 Å². The quantitative estimate of drug-likeness (QED) is 0.872. The summed E-state index contributed by atoms with van der Waals surface area (Å²) in [7, 11) is 0. The Hall–Kier alpha value is -1.80. The lowest BCUT2D eigenvalue weighted by atomic mass is 9.86. The van der Waals surface area contributed by atoms with E-state index in [1.165, 1.54) is 16.7 Å². The summed E-state index contributed by atoms with van der Waals surface area (Å²) in [6.45, 7) is 9.36. The molecule has 0 radical (unpaired) electrons. The molecule has 2 nitrogen and oxygen atoms in total. The Labute approximate surface area is 128 Å². The van der Waals surface area contributed by atoms with Crippen LogP contribution in [0, 0.1) is 6.92 Å². The molecule has 2 aromatic carbocycles. The van der Waals surface area contributed by atoms with Crippen molar-refractivity contribution in [1.82, 2.24) is 0 Å². The Morgan fingerprint density at radius 3 is 2.24 bits per heavy atom. The van der Waals surface area contributed by atoms with E-state index < -0.39 is 0 Å². The Balaban J connectivity index is 2.18. The fraction of sp³-hybridized carbons (Fsp3) is 0.368. The number of rotatable bonds is 4. The number of aryl methyl sites for hydroxylation is 1. The molecule has 0 aliphatic rings. The monoisotopic (exact) mass is 282 g/mol. The number of anilines is 1. The summed E-state index contributed by atoms with van der Waals surface area (Å²) in [5.74, 6) is 0. The largest absolute Gasteiger partial charge is 0.377 e. The van der Waals surface area contributed by atoms with Gasteiger partial charge in [-0.1, -0.05) is 57.2 Å². The van der Waals surface area contributed by atoms with Gasteiger partial charge in [0.1, 0.15) is 0 Å². The SMILES string of the molecule is Cc1cccc(NC(CN)c2ccc(C(C)(C)C)cc2)c1. The third-order valence-corrected chi connectivity index (χ3v) is 3.77. The van der Waals surface area contributed by atoms with Crippen molar-refractivity contribution >= 4 is 5.69 Å². The van der Waals surface area contributed by atoms with Gasteiger partial charge in [0.25, 0.3) is 0 Å². The minimum atomic E-state index is 0.140. The predicted molar refractivity (Wildman–Crippen MR) is 91.7 cm³/mol. The van der Waals surface area contributed by atoms with E-state index in [-0.39, 0.29) is 11.5 Å². The van der Waals surface area contributed by atoms with Gasteiger partial charge in [-0.3, -0.25) is 0 Å². The molecular weight excluding hydrogens is 256 g/mol. The number of nitrogens with one attached hydrogen (secondary N) is 1. The van der Waals surface area contributed by atoms with Crippen LogP contribution in [-0.4, -0.2) is 6.54 Å². The first-order chi connectivity index (χ1) is 9.90. The van der Waals surface area contributed by atoms with Crippen LogP contribution in [-0.2, 0) is 5.41 Å². The second-order valence-corrected chi connectivity index (χ2v) is 6.67. The third-order valence-electron chi connectivity index (χ3n) is 3.77. The van der Waals surface area contributed by atoms with Crippen molar-refractivity contribution in [3.8, 4) is 0 Å². The molecule has 3 N–H and O–H groups in total. The van der Waals surface area contributed by atoms with E-state index in [0.29, 0.717) is 6.54 Å². The molecule has 0 saturated heterocycles. The summed E-state index contributed by atoms with van der Waals surface area (Å²) in [6.07, 6.45) is 0. The van der Waals surface area contributed by atoms with Gasteiger partial charge in [0, 0.05) is 12.2 Å². The fourth-order valence-electron chi connectivity index (χ4n) is 2.43. The van der Waals surface area contributed by atoms with Gasteiger partial charge in [0.2, 0.25) is 0 Å². The van der Waals surface area contributed by atoms with Crippen LogP contribution < -0.4 is 11.1 Å². The van der Waals surface area contributed by atoms with Crippen LogP contribution in [0.2, 0.25) is 0 Å². The van der Waals surface area contributed by atoms with E-state index in [0.717, 1.165) is 5.69 Å². The zero-order valence-electron chi connectivity index (χ0n) is 13.5. The van der Waals surface area contributed by atoms with Gasteiger partial charge in [-0.25, -0.2) is 0 Å². The zero-order chi connectivity index (χ0) is 15.5. The van der Waals surface area contributed by atoms with E-state index >= 15 is 0 Å². The summed E-state index contributed by atoms with van der Waals surface area (Å²) < 4.78 is 0. The Morgan fingerprint density at radius 1 is 1.05 bits per heavy atom. The number of nitrogens with two attached hydrogens (primary N) is 1. The Kier molecular flexibility index (Phi) is 4.69. The van der Waals surface area contributed by atoms with Gasteiger partial charge < -0.3 is 11.1 Å². The highest BCUT2D eigenvalue weighted by atomic mass is 14.9. The zero-order valence-corrected chi connectivity index (χ0v) is 13.5. The molecule has 0 saturated carbocycles. The first-order valence-electron chi connectivity index (χ1n) is 7.54. The minimum absolute atomic E-state index is 0.140. The van der Waals surface area contributed by atoms with Crippen LogP contribution in [0.15, 0.2) is 48.5 Å². The first-order valence-corrected chi connectivity index (χ1v) is 7.54. The van der Waals surface area contributed by atoms with Crippen LogP contribution in [0.3, 0.4) is 0 Å². The molecule has 21 heavy (non-hydrogen) atoms. The van der Waals surface area contributed by atoms with Crippen LogP contribution in [0.1, 0.15) is 43.5 Å². The van der Waals surface area contributed by atoms with E-state index in [2.05, 4.69) is 81.5 Å². The molecule has 2 rings (SSSR count). The van der Waals surface area contributed by atoms with Crippen molar-refractivity contribution in [2.45, 2.75) is 39.2 Å². The molecule has 1 atom stereocenters. The van der Waals surface area contributed by atoms with Gasteiger partial charge in [0.15, 0.2) is 0 Å². The molecule has 1 unspecified atom stereocenters. The molecule has 0 fully saturated rings. The molecule has 2 aromatic rings. The maximum atomic E-state index is 5.95. The lowest BCUT2D eigenvalue weighted by molar-refractivity contribution is 0.589. The fourth-order valence-corrected chi connectivity index (χ4v) is 2.43. The maximum Gasteiger partial charge on any atom is 0.0636 e. The Morgan fingerprint density at radius 2 is 1.71 bits per heavy atom. The molecular formula is C19H26N2. The molecule has 112 valence electrons. The molecule has 2 heteroatoms. The molecule has 0 aliphatic heterocycles. The van der Waals surface area contributed by atoms with E-state index in [4.69, 9.17) is 5.73 Å². The first kappa shape index (κ1) is 15.6. The maximum absolute atomic E-state index is 5.95. The van der Waals surface area contributed by atoms with Gasteiger partial charge in [-0.05, 0) is 41.2 Å². The molecule has 0 heterocycles. The number of benzene rings is 2. The average molecular weight is 282 g/mol. The van der Waals surface area contributed by atoms with E-state index in [9.17, 15) is 0 Å². The van der Waals surface area contributed by atoms with Crippen molar-refractivity contribution in [2.75, 3.05) is 11.9 Å². The van der Waals surface area contributed by atoms with Gasteiger partial charge >= 0.3 is 0 Å². The highest BCUT2D eigenvalue weighted by Crippen LogP contribution is 2.25. The standard InChI is InChI=1S/C19H26N2/c1-14-6-5-7-17(12-14)21-18(13-20)15-8-10-16(11-9-15)19(2,3)4/h5-12,18,21H,13,20H2,1-4H3. The molecule has 0 spiro atoms. The van der Waals surface area contributed by atoms with E-state index in [1.54, 1.807) is 0 Å². The number of hydrogen-bond acceptors (Lipinski definition) is 2. The highest BCUT2D eigenvalue weighted by molar-refractivity contribution is 5.48. The second kappa shape index (κ2) is 6.31.